The summed E-state index contributed by atoms with van der Waals surface area (Å²) in [5, 5.41) is 0. The Morgan fingerprint density at radius 2 is 1.18 bits per heavy atom. The monoisotopic (exact) mass is 584 g/mol. The molecule has 2 aliphatic rings. The van der Waals surface area contributed by atoms with Gasteiger partial charge in [-0.1, -0.05) is 0 Å². The fourth-order valence-electron chi connectivity index (χ4n) is 3.94. The average molecular weight is 585 g/mol. The summed E-state index contributed by atoms with van der Waals surface area (Å²) in [6.45, 7) is 12.5. The van der Waals surface area contributed by atoms with Gasteiger partial charge in [0.15, 0.2) is 0 Å². The minimum Gasteiger partial charge on any atom is -0.598 e. The molecule has 2 aromatic rings. The van der Waals surface area contributed by atoms with Gasteiger partial charge in [0, 0.05) is 58.8 Å². The highest BCUT2D eigenvalue weighted by molar-refractivity contribution is 7.91. The molecule has 9 nitrogen and oxygen atoms in total. The van der Waals surface area contributed by atoms with Crippen molar-refractivity contribution in [3.8, 4) is 23.0 Å². The minimum atomic E-state index is -2.94. The first-order chi connectivity index (χ1) is 17.8. The van der Waals surface area contributed by atoms with E-state index in [1.54, 1.807) is 24.3 Å². The summed E-state index contributed by atoms with van der Waals surface area (Å²) in [5.41, 5.74) is 1.76. The van der Waals surface area contributed by atoms with Crippen LogP contribution in [0.3, 0.4) is 0 Å². The molecule has 0 amide bonds. The molecule has 0 radical (unpaired) electrons. The maximum Gasteiger partial charge on any atom is 0.418 e. The van der Waals surface area contributed by atoms with Crippen LogP contribution in [0.5, 0.6) is 23.0 Å². The minimum absolute atomic E-state index is 0.115. The number of rotatable bonds is 8. The largest absolute Gasteiger partial charge is 0.598 e. The van der Waals surface area contributed by atoms with E-state index in [0.717, 1.165) is 11.1 Å². The lowest BCUT2D eigenvalue weighted by Gasteiger charge is -2.31. The van der Waals surface area contributed by atoms with Crippen LogP contribution in [0.1, 0.15) is 77.6 Å². The van der Waals surface area contributed by atoms with Crippen LogP contribution in [0.4, 0.5) is 0 Å². The van der Waals surface area contributed by atoms with E-state index in [0.29, 0.717) is 49.1 Å². The van der Waals surface area contributed by atoms with E-state index in [2.05, 4.69) is 9.44 Å². The molecule has 4 atom stereocenters. The van der Waals surface area contributed by atoms with Crippen molar-refractivity contribution in [1.82, 2.24) is 9.44 Å². The van der Waals surface area contributed by atoms with Crippen LogP contribution in [0.2, 0.25) is 0 Å². The summed E-state index contributed by atoms with van der Waals surface area (Å²) in [4.78, 5) is 0. The highest BCUT2D eigenvalue weighted by Gasteiger charge is 2.34. The first kappa shape index (κ1) is 29.4. The lowest BCUT2D eigenvalue weighted by atomic mass is 10.0. The Morgan fingerprint density at radius 1 is 0.789 bits per heavy atom. The Bertz CT molecular complexity index is 1070. The van der Waals surface area contributed by atoms with Crippen LogP contribution in [0.25, 0.3) is 0 Å². The Morgan fingerprint density at radius 3 is 1.55 bits per heavy atom. The first-order valence-electron chi connectivity index (χ1n) is 12.6. The van der Waals surface area contributed by atoms with Crippen LogP contribution in [0.15, 0.2) is 36.4 Å². The van der Waals surface area contributed by atoms with E-state index in [-0.39, 0.29) is 21.6 Å². The van der Waals surface area contributed by atoms with Crippen LogP contribution < -0.4 is 28.0 Å². The van der Waals surface area contributed by atoms with E-state index < -0.39 is 31.0 Å². The Labute approximate surface area is 231 Å². The lowest BCUT2D eigenvalue weighted by Crippen LogP contribution is -2.42. The summed E-state index contributed by atoms with van der Waals surface area (Å²) < 4.78 is 66.2. The molecule has 4 unspecified atom stereocenters. The van der Waals surface area contributed by atoms with Gasteiger partial charge in [-0.2, -0.15) is 0 Å². The van der Waals surface area contributed by atoms with Crippen LogP contribution in [-0.2, 0) is 27.3 Å². The van der Waals surface area contributed by atoms with Gasteiger partial charge in [-0.05, 0) is 65.8 Å². The van der Waals surface area contributed by atoms with Gasteiger partial charge in [-0.3, -0.25) is 0 Å². The topological polar surface area (TPSA) is 124 Å². The molecule has 0 aliphatic carbocycles. The van der Waals surface area contributed by atoms with Gasteiger partial charge in [-0.15, -0.1) is 9.44 Å². The van der Waals surface area contributed by atoms with Crippen molar-refractivity contribution in [3.63, 3.8) is 0 Å². The summed E-state index contributed by atoms with van der Waals surface area (Å²) in [6.07, 6.45) is 1.38. The maximum atomic E-state index is 12.7. The molecule has 4 rings (SSSR count). The van der Waals surface area contributed by atoms with Crippen molar-refractivity contribution in [1.29, 1.82) is 0 Å². The molecule has 12 heteroatoms. The highest BCUT2D eigenvalue weighted by atomic mass is 32.2. The number of benzene rings is 2. The molecule has 0 fully saturated rings. The van der Waals surface area contributed by atoms with Crippen molar-refractivity contribution in [2.45, 2.75) is 76.0 Å². The molecule has 2 aromatic carbocycles. The van der Waals surface area contributed by atoms with Gasteiger partial charge in [0.05, 0.1) is 25.3 Å². The molecule has 0 aromatic heterocycles. The lowest BCUT2D eigenvalue weighted by molar-refractivity contribution is 0.261. The van der Waals surface area contributed by atoms with Gasteiger partial charge < -0.3 is 27.6 Å². The number of nitrogens with one attached hydrogen (secondary N) is 2. The molecular weight excluding hydrogens is 547 g/mol. The van der Waals surface area contributed by atoms with Gasteiger partial charge in [0.25, 0.3) is 0 Å². The first-order valence-corrected chi connectivity index (χ1v) is 16.1. The van der Waals surface area contributed by atoms with Crippen LogP contribution in [0, 0.1) is 0 Å². The normalized spacial score (nSPS) is 21.7. The van der Waals surface area contributed by atoms with E-state index >= 15 is 0 Å². The van der Waals surface area contributed by atoms with Crippen molar-refractivity contribution < 1.29 is 32.2 Å². The van der Waals surface area contributed by atoms with E-state index in [9.17, 15) is 13.7 Å². The average Bonchev–Trinajstić information content (AvgIpc) is 2.83. The fourth-order valence-corrected chi connectivity index (χ4v) is 6.33. The van der Waals surface area contributed by atoms with Crippen LogP contribution >= 0.6 is 8.25 Å². The van der Waals surface area contributed by atoms with E-state index in [1.165, 1.54) is 0 Å². The molecular formula is C26H37N2O7PS2. The molecule has 0 saturated carbocycles. The van der Waals surface area contributed by atoms with Crippen molar-refractivity contribution in [3.05, 3.63) is 47.5 Å². The van der Waals surface area contributed by atoms with Crippen LogP contribution in [-0.4, -0.2) is 31.8 Å². The molecule has 2 heterocycles. The van der Waals surface area contributed by atoms with E-state index in [4.69, 9.17) is 18.5 Å². The molecule has 38 heavy (non-hydrogen) atoms. The maximum absolute atomic E-state index is 12.7. The Kier molecular flexibility index (Phi) is 9.19. The fraction of sp³-hybridized carbons (Fsp3) is 0.538. The van der Waals surface area contributed by atoms with Gasteiger partial charge in [0.1, 0.15) is 32.5 Å². The third-order valence-corrected chi connectivity index (χ3v) is 10.1. The van der Waals surface area contributed by atoms with Gasteiger partial charge in [-0.25, -0.2) is 4.57 Å². The third kappa shape index (κ3) is 7.33. The third-order valence-electron chi connectivity index (χ3n) is 6.06. The summed E-state index contributed by atoms with van der Waals surface area (Å²) in [6, 6.07) is 10.2. The standard InChI is InChI=1S/C26H37N2O7PS2/c1-25(2,3)37(30)27-21-11-13-32-23-15-17(7-9-19(21)23)34-36(29)35-18-8-10-20-22(12-14-33-24(20)16-18)28-38(31)26(4,5)6/h7-10,15-16,21-22,27-28,36H,11-14H2,1-6H3. The second-order valence-electron chi connectivity index (χ2n) is 11.2. The summed E-state index contributed by atoms with van der Waals surface area (Å²) >= 11 is -2.44. The predicted octanol–water partition coefficient (Wildman–Crippen LogP) is 5.28. The Hall–Kier alpha value is -1.59. The predicted molar refractivity (Wildman–Crippen MR) is 151 cm³/mol. The van der Waals surface area contributed by atoms with E-state index in [1.807, 2.05) is 53.7 Å². The zero-order chi connectivity index (χ0) is 27.7. The van der Waals surface area contributed by atoms with Crippen molar-refractivity contribution in [2.24, 2.45) is 0 Å². The zero-order valence-electron chi connectivity index (χ0n) is 22.6. The van der Waals surface area contributed by atoms with Crippen molar-refractivity contribution >= 4 is 31.0 Å². The molecule has 0 bridgehead atoms. The number of ether oxygens (including phenoxy) is 2. The number of fused-ring (bicyclic) bond motifs is 2. The highest BCUT2D eigenvalue weighted by Crippen LogP contribution is 2.41. The molecule has 210 valence electrons. The molecule has 2 aliphatic heterocycles. The van der Waals surface area contributed by atoms with Gasteiger partial charge in [0.2, 0.25) is 0 Å². The van der Waals surface area contributed by atoms with Gasteiger partial charge >= 0.3 is 8.25 Å². The molecule has 0 spiro atoms. The molecule has 2 N–H and O–H groups in total. The number of hydrogen-bond donors (Lipinski definition) is 2. The zero-order valence-corrected chi connectivity index (χ0v) is 25.3. The van der Waals surface area contributed by atoms with Crippen molar-refractivity contribution in [2.75, 3.05) is 13.2 Å². The second kappa shape index (κ2) is 11.9. The smallest absolute Gasteiger partial charge is 0.418 e. The summed E-state index contributed by atoms with van der Waals surface area (Å²) in [7, 11) is -2.94. The summed E-state index contributed by atoms with van der Waals surface area (Å²) in [5.74, 6) is 1.90. The quantitative estimate of drug-likeness (QED) is 0.315. The Balaban J connectivity index is 1.39. The second-order valence-corrected chi connectivity index (χ2v) is 16.1. The SMILES string of the molecule is CC(C)(C)[S+]([O-])NC1CCOc2cc(O[PH](=O)Oc3ccc4c(c3)OCCC4N[S+]([O-])C(C)(C)C)ccc21. The molecule has 0 saturated heterocycles. The number of hydrogen-bond acceptors (Lipinski definition) is 9.